The molecule has 1 nitrogen and oxygen atoms in total. The summed E-state index contributed by atoms with van der Waals surface area (Å²) in [7, 11) is 0. The summed E-state index contributed by atoms with van der Waals surface area (Å²) < 4.78 is 5.70. The predicted molar refractivity (Wildman–Crippen MR) is 90.0 cm³/mol. The van der Waals surface area contributed by atoms with E-state index in [1.165, 1.54) is 0 Å². The average Bonchev–Trinajstić information content (AvgIpc) is 2.42. The molecule has 2 aromatic rings. The molecule has 0 N–H and O–H groups in total. The molecule has 0 spiro atoms. The zero-order valence-electron chi connectivity index (χ0n) is 10.5. The summed E-state index contributed by atoms with van der Waals surface area (Å²) >= 11 is 21.8. The van der Waals surface area contributed by atoms with Gasteiger partial charge in [-0.1, -0.05) is 56.8 Å². The van der Waals surface area contributed by atoms with E-state index in [1.54, 1.807) is 0 Å². The third kappa shape index (κ3) is 4.05. The first-order valence-corrected chi connectivity index (χ1v) is 8.27. The second kappa shape index (κ2) is 7.56. The van der Waals surface area contributed by atoms with Gasteiger partial charge in [-0.15, -0.1) is 0 Å². The normalized spacial score (nSPS) is 10.6. The van der Waals surface area contributed by atoms with Crippen LogP contribution in [-0.4, -0.2) is 11.9 Å². The Hall–Kier alpha value is -0.410. The molecule has 0 amide bonds. The molecular weight excluding hydrogens is 382 g/mol. The molecule has 0 aliphatic rings. The molecule has 0 aliphatic heterocycles. The van der Waals surface area contributed by atoms with Crippen molar-refractivity contribution in [1.82, 2.24) is 0 Å². The van der Waals surface area contributed by atoms with Crippen molar-refractivity contribution in [3.63, 3.8) is 0 Å². The van der Waals surface area contributed by atoms with Gasteiger partial charge in [0.15, 0.2) is 0 Å². The second-order valence-electron chi connectivity index (χ2n) is 4.17. The van der Waals surface area contributed by atoms with Crippen LogP contribution in [-0.2, 0) is 6.42 Å². The lowest BCUT2D eigenvalue weighted by Crippen LogP contribution is -2.02. The SMILES string of the molecule is Clc1ccc(OCCBr)c(Cc2c(Cl)cccc2Cl)c1. The summed E-state index contributed by atoms with van der Waals surface area (Å²) in [4.78, 5) is 0. The largest absolute Gasteiger partial charge is 0.492 e. The highest BCUT2D eigenvalue weighted by Crippen LogP contribution is 2.31. The monoisotopic (exact) mass is 392 g/mol. The van der Waals surface area contributed by atoms with Crippen molar-refractivity contribution in [2.24, 2.45) is 0 Å². The van der Waals surface area contributed by atoms with Gasteiger partial charge >= 0.3 is 0 Å². The number of rotatable bonds is 5. The second-order valence-corrected chi connectivity index (χ2v) is 6.21. The molecule has 2 aromatic carbocycles. The minimum Gasteiger partial charge on any atom is -0.492 e. The van der Waals surface area contributed by atoms with Gasteiger partial charge in [-0.05, 0) is 35.9 Å². The van der Waals surface area contributed by atoms with Crippen LogP contribution >= 0.6 is 50.7 Å². The summed E-state index contributed by atoms with van der Waals surface area (Å²) in [6.07, 6.45) is 0.580. The van der Waals surface area contributed by atoms with Gasteiger partial charge < -0.3 is 4.74 Å². The summed E-state index contributed by atoms with van der Waals surface area (Å²) in [5, 5.41) is 2.71. The smallest absolute Gasteiger partial charge is 0.122 e. The van der Waals surface area contributed by atoms with E-state index in [4.69, 9.17) is 39.5 Å². The maximum atomic E-state index is 6.21. The minimum atomic E-state index is 0.580. The van der Waals surface area contributed by atoms with Crippen molar-refractivity contribution >= 4 is 50.7 Å². The molecule has 20 heavy (non-hydrogen) atoms. The van der Waals surface area contributed by atoms with E-state index in [1.807, 2.05) is 36.4 Å². The van der Waals surface area contributed by atoms with Crippen molar-refractivity contribution in [2.75, 3.05) is 11.9 Å². The lowest BCUT2D eigenvalue weighted by molar-refractivity contribution is 0.342. The Bertz CT molecular complexity index is 581. The molecular formula is C15H12BrCl3O. The molecule has 0 bridgehead atoms. The molecule has 0 fully saturated rings. The van der Waals surface area contributed by atoms with Crippen molar-refractivity contribution < 1.29 is 4.74 Å². The van der Waals surface area contributed by atoms with Crippen LogP contribution in [0.25, 0.3) is 0 Å². The maximum absolute atomic E-state index is 6.21. The molecule has 0 unspecified atom stereocenters. The fourth-order valence-electron chi connectivity index (χ4n) is 1.87. The van der Waals surface area contributed by atoms with Crippen LogP contribution in [0, 0.1) is 0 Å². The number of hydrogen-bond donors (Lipinski definition) is 0. The Balaban J connectivity index is 2.34. The Morgan fingerprint density at radius 2 is 1.70 bits per heavy atom. The Labute approximate surface area is 141 Å². The molecule has 0 radical (unpaired) electrons. The van der Waals surface area contributed by atoms with Crippen LogP contribution in [0.5, 0.6) is 5.75 Å². The Kier molecular flexibility index (Phi) is 6.03. The molecule has 106 valence electrons. The van der Waals surface area contributed by atoms with Crippen LogP contribution in [0.3, 0.4) is 0 Å². The first-order chi connectivity index (χ1) is 9.61. The van der Waals surface area contributed by atoms with Crippen LogP contribution in [0.15, 0.2) is 36.4 Å². The van der Waals surface area contributed by atoms with Crippen LogP contribution < -0.4 is 4.74 Å². The third-order valence-corrected chi connectivity index (χ3v) is 4.05. The van der Waals surface area contributed by atoms with Crippen LogP contribution in [0.4, 0.5) is 0 Å². The van der Waals surface area contributed by atoms with E-state index >= 15 is 0 Å². The molecule has 0 aliphatic carbocycles. The zero-order chi connectivity index (χ0) is 14.5. The van der Waals surface area contributed by atoms with Crippen molar-refractivity contribution in [2.45, 2.75) is 6.42 Å². The summed E-state index contributed by atoms with van der Waals surface area (Å²) in [6, 6.07) is 11.0. The van der Waals surface area contributed by atoms with E-state index in [9.17, 15) is 0 Å². The van der Waals surface area contributed by atoms with Crippen molar-refractivity contribution in [1.29, 1.82) is 0 Å². The average molecular weight is 395 g/mol. The number of alkyl halides is 1. The van der Waals surface area contributed by atoms with E-state index < -0.39 is 0 Å². The first-order valence-electron chi connectivity index (χ1n) is 6.02. The highest BCUT2D eigenvalue weighted by molar-refractivity contribution is 9.09. The van der Waals surface area contributed by atoms with Gasteiger partial charge in [-0.25, -0.2) is 0 Å². The Morgan fingerprint density at radius 1 is 1.00 bits per heavy atom. The van der Waals surface area contributed by atoms with Gasteiger partial charge in [-0.3, -0.25) is 0 Å². The quantitative estimate of drug-likeness (QED) is 0.564. The topological polar surface area (TPSA) is 9.23 Å². The van der Waals surface area contributed by atoms with E-state index in [-0.39, 0.29) is 0 Å². The molecule has 0 saturated carbocycles. The summed E-state index contributed by atoms with van der Waals surface area (Å²) in [5.41, 5.74) is 1.84. The molecule has 0 heterocycles. The van der Waals surface area contributed by atoms with Gasteiger partial charge in [0, 0.05) is 32.4 Å². The van der Waals surface area contributed by atoms with E-state index in [0.717, 1.165) is 22.2 Å². The number of benzene rings is 2. The number of halogens is 4. The highest BCUT2D eigenvalue weighted by Gasteiger charge is 2.11. The number of hydrogen-bond acceptors (Lipinski definition) is 1. The zero-order valence-corrected chi connectivity index (χ0v) is 14.4. The lowest BCUT2D eigenvalue weighted by Gasteiger charge is -2.13. The minimum absolute atomic E-state index is 0.580. The molecule has 2 rings (SSSR count). The molecule has 0 saturated heterocycles. The van der Waals surface area contributed by atoms with Gasteiger partial charge in [0.1, 0.15) is 5.75 Å². The van der Waals surface area contributed by atoms with Gasteiger partial charge in [-0.2, -0.15) is 0 Å². The van der Waals surface area contributed by atoms with Crippen LogP contribution in [0.2, 0.25) is 15.1 Å². The lowest BCUT2D eigenvalue weighted by atomic mass is 10.0. The molecule has 0 atom stereocenters. The first kappa shape index (κ1) is 16.0. The van der Waals surface area contributed by atoms with E-state index in [0.29, 0.717) is 28.1 Å². The van der Waals surface area contributed by atoms with Crippen LogP contribution in [0.1, 0.15) is 11.1 Å². The number of ether oxygens (including phenoxy) is 1. The summed E-state index contributed by atoms with van der Waals surface area (Å²) in [6.45, 7) is 0.588. The fourth-order valence-corrected chi connectivity index (χ4v) is 2.75. The highest BCUT2D eigenvalue weighted by atomic mass is 79.9. The molecule has 0 aromatic heterocycles. The molecule has 5 heteroatoms. The van der Waals surface area contributed by atoms with Crippen molar-refractivity contribution in [3.8, 4) is 5.75 Å². The predicted octanol–water partition coefficient (Wildman–Crippen LogP) is 6.01. The standard InChI is InChI=1S/C15H12BrCl3O/c16-6-7-20-15-5-4-11(17)8-10(15)9-12-13(18)2-1-3-14(12)19/h1-5,8H,6-7,9H2. The van der Waals surface area contributed by atoms with Gasteiger partial charge in [0.25, 0.3) is 0 Å². The maximum Gasteiger partial charge on any atom is 0.122 e. The Morgan fingerprint density at radius 3 is 2.35 bits per heavy atom. The summed E-state index contributed by atoms with van der Waals surface area (Å²) in [5.74, 6) is 0.796. The van der Waals surface area contributed by atoms with Gasteiger partial charge in [0.2, 0.25) is 0 Å². The third-order valence-electron chi connectivity index (χ3n) is 2.79. The van der Waals surface area contributed by atoms with Gasteiger partial charge in [0.05, 0.1) is 6.61 Å². The van der Waals surface area contributed by atoms with Crippen molar-refractivity contribution in [3.05, 3.63) is 62.6 Å². The van der Waals surface area contributed by atoms with E-state index in [2.05, 4.69) is 15.9 Å². The fraction of sp³-hybridized carbons (Fsp3) is 0.200.